The van der Waals surface area contributed by atoms with E-state index in [0.717, 1.165) is 12.8 Å². The van der Waals surface area contributed by atoms with E-state index in [1.165, 1.54) is 27.1 Å². The lowest BCUT2D eigenvalue weighted by Crippen LogP contribution is -2.27. The first-order valence-corrected chi connectivity index (χ1v) is 11.6. The molecule has 1 fully saturated rings. The van der Waals surface area contributed by atoms with Crippen LogP contribution in [-0.2, 0) is 21.4 Å². The van der Waals surface area contributed by atoms with Gasteiger partial charge in [0, 0.05) is 31.8 Å². The molecule has 168 valence electrons. The van der Waals surface area contributed by atoms with Crippen molar-refractivity contribution in [3.8, 4) is 17.2 Å². The van der Waals surface area contributed by atoms with Gasteiger partial charge in [-0.15, -0.1) is 0 Å². The molecule has 2 aromatic carbocycles. The molecule has 10 nitrogen and oxygen atoms in total. The molecule has 0 radical (unpaired) electrons. The van der Waals surface area contributed by atoms with Crippen LogP contribution in [0.25, 0.3) is 11.1 Å². The molecule has 0 amide bonds. The van der Waals surface area contributed by atoms with Gasteiger partial charge < -0.3 is 18.6 Å². The summed E-state index contributed by atoms with van der Waals surface area (Å²) in [5, 5.41) is 0. The van der Waals surface area contributed by atoms with Gasteiger partial charge >= 0.3 is 11.7 Å². The molecular formula is C21H20N2O8S. The highest BCUT2D eigenvalue weighted by Gasteiger charge is 2.28. The Morgan fingerprint density at radius 1 is 1.03 bits per heavy atom. The minimum atomic E-state index is -3.63. The zero-order valence-electron chi connectivity index (χ0n) is 17.0. The quantitative estimate of drug-likeness (QED) is 0.406. The van der Waals surface area contributed by atoms with Crippen LogP contribution in [0.2, 0.25) is 0 Å². The fourth-order valence-electron chi connectivity index (χ4n) is 3.82. The van der Waals surface area contributed by atoms with Crippen LogP contribution in [-0.4, -0.2) is 43.1 Å². The number of sulfonamides is 1. The van der Waals surface area contributed by atoms with Gasteiger partial charge in [-0.25, -0.2) is 13.2 Å². The molecule has 2 aliphatic heterocycles. The van der Waals surface area contributed by atoms with Gasteiger partial charge in [0.2, 0.25) is 16.8 Å². The van der Waals surface area contributed by atoms with E-state index in [9.17, 15) is 18.0 Å². The third-order valence-electron chi connectivity index (χ3n) is 5.46. The van der Waals surface area contributed by atoms with Gasteiger partial charge in [0.25, 0.3) is 0 Å². The number of nitrogens with zero attached hydrogens (tertiary/aromatic N) is 2. The first kappa shape index (κ1) is 20.6. The van der Waals surface area contributed by atoms with E-state index in [4.69, 9.17) is 18.6 Å². The molecule has 0 saturated carbocycles. The second kappa shape index (κ2) is 7.99. The maximum Gasteiger partial charge on any atom is 0.419 e. The molecule has 32 heavy (non-hydrogen) atoms. The molecule has 1 saturated heterocycles. The molecular weight excluding hydrogens is 440 g/mol. The first-order chi connectivity index (χ1) is 15.4. The number of aromatic nitrogens is 1. The zero-order valence-corrected chi connectivity index (χ0v) is 17.8. The summed E-state index contributed by atoms with van der Waals surface area (Å²) in [5.41, 5.74) is 0.561. The van der Waals surface area contributed by atoms with Crippen molar-refractivity contribution in [2.45, 2.75) is 30.7 Å². The summed E-state index contributed by atoms with van der Waals surface area (Å²) in [6.07, 6.45) is 1.57. The third kappa shape index (κ3) is 3.73. The van der Waals surface area contributed by atoms with Crippen molar-refractivity contribution >= 4 is 27.1 Å². The molecule has 0 unspecified atom stereocenters. The smallest absolute Gasteiger partial charge is 0.419 e. The van der Waals surface area contributed by atoms with E-state index < -0.39 is 21.7 Å². The topological polar surface area (TPSA) is 117 Å². The minimum absolute atomic E-state index is 0.0213. The van der Waals surface area contributed by atoms with Gasteiger partial charge in [-0.1, -0.05) is 0 Å². The molecule has 0 spiro atoms. The van der Waals surface area contributed by atoms with Gasteiger partial charge in [0.05, 0.1) is 16.8 Å². The summed E-state index contributed by atoms with van der Waals surface area (Å²) < 4.78 is 49.2. The van der Waals surface area contributed by atoms with Crippen molar-refractivity contribution < 1.29 is 31.8 Å². The van der Waals surface area contributed by atoms with Crippen LogP contribution in [0, 0.1) is 0 Å². The number of carbonyl (C=O) groups is 1. The Morgan fingerprint density at radius 2 is 1.81 bits per heavy atom. The number of hydrogen-bond acceptors (Lipinski definition) is 8. The molecule has 1 aromatic heterocycles. The summed E-state index contributed by atoms with van der Waals surface area (Å²) in [6, 6.07) is 9.12. The van der Waals surface area contributed by atoms with Crippen LogP contribution >= 0.6 is 0 Å². The van der Waals surface area contributed by atoms with Gasteiger partial charge in [0.15, 0.2) is 17.1 Å². The molecule has 11 heteroatoms. The molecule has 5 rings (SSSR count). The van der Waals surface area contributed by atoms with Crippen LogP contribution in [0.5, 0.6) is 17.2 Å². The Hall–Kier alpha value is -3.31. The SMILES string of the molecule is O=C(CCn1c(=O)oc2cc(S(=O)(=O)N3CCCC3)ccc21)Oc1ccc2c(c1)OCO2. The number of hydrogen-bond donors (Lipinski definition) is 0. The van der Waals surface area contributed by atoms with E-state index in [1.54, 1.807) is 18.2 Å². The van der Waals surface area contributed by atoms with Gasteiger partial charge in [0.1, 0.15) is 5.75 Å². The normalized spacial score (nSPS) is 16.0. The van der Waals surface area contributed by atoms with Crippen molar-refractivity contribution in [2.75, 3.05) is 19.9 Å². The predicted octanol–water partition coefficient (Wildman–Crippen LogP) is 2.10. The molecule has 0 atom stereocenters. The highest BCUT2D eigenvalue weighted by Crippen LogP contribution is 2.35. The molecule has 2 aliphatic rings. The molecule has 0 aliphatic carbocycles. The number of esters is 1. The lowest BCUT2D eigenvalue weighted by molar-refractivity contribution is -0.134. The number of ether oxygens (including phenoxy) is 3. The Morgan fingerprint density at radius 3 is 2.62 bits per heavy atom. The fourth-order valence-corrected chi connectivity index (χ4v) is 5.36. The molecule has 0 bridgehead atoms. The molecule has 0 N–H and O–H groups in total. The van der Waals surface area contributed by atoms with Crippen molar-refractivity contribution in [3.05, 3.63) is 46.9 Å². The fraction of sp³-hybridized carbons (Fsp3) is 0.333. The third-order valence-corrected chi connectivity index (χ3v) is 7.35. The number of aryl methyl sites for hydroxylation is 1. The summed E-state index contributed by atoms with van der Waals surface area (Å²) in [6.45, 7) is 1.10. The van der Waals surface area contributed by atoms with E-state index >= 15 is 0 Å². The lowest BCUT2D eigenvalue weighted by atomic mass is 10.3. The standard InChI is InChI=1S/C21H20N2O8S/c24-20(30-14-3-6-17-19(11-14)29-13-28-17)7-10-23-16-5-4-15(12-18(16)31-21(23)25)32(26,27)22-8-1-2-9-22/h3-6,11-12H,1-2,7-10,13H2. The van der Waals surface area contributed by atoms with E-state index in [0.29, 0.717) is 35.9 Å². The van der Waals surface area contributed by atoms with E-state index in [1.807, 2.05) is 0 Å². The Bertz CT molecular complexity index is 1350. The zero-order chi connectivity index (χ0) is 22.3. The monoisotopic (exact) mass is 460 g/mol. The van der Waals surface area contributed by atoms with Crippen molar-refractivity contribution in [1.29, 1.82) is 0 Å². The highest BCUT2D eigenvalue weighted by molar-refractivity contribution is 7.89. The van der Waals surface area contributed by atoms with Gasteiger partial charge in [-0.2, -0.15) is 4.31 Å². The first-order valence-electron chi connectivity index (χ1n) is 10.2. The summed E-state index contributed by atoms with van der Waals surface area (Å²) in [4.78, 5) is 24.6. The molecule has 3 aromatic rings. The van der Waals surface area contributed by atoms with E-state index in [-0.39, 0.29) is 30.2 Å². The average Bonchev–Trinajstić information content (AvgIpc) is 3.51. The highest BCUT2D eigenvalue weighted by atomic mass is 32.2. The van der Waals surface area contributed by atoms with Crippen LogP contribution in [0.4, 0.5) is 0 Å². The van der Waals surface area contributed by atoms with Crippen LogP contribution in [0.1, 0.15) is 19.3 Å². The van der Waals surface area contributed by atoms with E-state index in [2.05, 4.69) is 0 Å². The maximum atomic E-state index is 12.8. The predicted molar refractivity (Wildman–Crippen MR) is 111 cm³/mol. The Kier molecular flexibility index (Phi) is 5.14. The summed E-state index contributed by atoms with van der Waals surface area (Å²) in [5.74, 6) is 0.157. The average molecular weight is 460 g/mol. The second-order valence-corrected chi connectivity index (χ2v) is 9.44. The number of fused-ring (bicyclic) bond motifs is 2. The van der Waals surface area contributed by atoms with Gasteiger partial charge in [-0.3, -0.25) is 9.36 Å². The number of carbonyl (C=O) groups excluding carboxylic acids is 1. The minimum Gasteiger partial charge on any atom is -0.454 e. The lowest BCUT2D eigenvalue weighted by Gasteiger charge is -2.15. The van der Waals surface area contributed by atoms with Crippen molar-refractivity contribution in [3.63, 3.8) is 0 Å². The van der Waals surface area contributed by atoms with Crippen LogP contribution in [0.3, 0.4) is 0 Å². The summed E-state index contributed by atoms with van der Waals surface area (Å²) in [7, 11) is -3.63. The van der Waals surface area contributed by atoms with Crippen LogP contribution < -0.4 is 20.0 Å². The Balaban J connectivity index is 1.30. The largest absolute Gasteiger partial charge is 0.454 e. The van der Waals surface area contributed by atoms with Gasteiger partial charge in [-0.05, 0) is 37.1 Å². The summed E-state index contributed by atoms with van der Waals surface area (Å²) >= 11 is 0. The Labute approximate surface area is 182 Å². The number of oxazole rings is 1. The maximum absolute atomic E-state index is 12.8. The second-order valence-electron chi connectivity index (χ2n) is 7.50. The van der Waals surface area contributed by atoms with Crippen molar-refractivity contribution in [1.82, 2.24) is 8.87 Å². The number of rotatable bonds is 6. The molecule has 3 heterocycles. The number of benzene rings is 2. The van der Waals surface area contributed by atoms with Crippen molar-refractivity contribution in [2.24, 2.45) is 0 Å². The van der Waals surface area contributed by atoms with Crippen LogP contribution in [0.15, 0.2) is 50.5 Å².